The summed E-state index contributed by atoms with van der Waals surface area (Å²) < 4.78 is 5.70. The number of nitrogens with one attached hydrogen (secondary N) is 1. The third-order valence-electron chi connectivity index (χ3n) is 3.17. The fourth-order valence-corrected chi connectivity index (χ4v) is 2.02. The van der Waals surface area contributed by atoms with Crippen molar-refractivity contribution in [2.24, 2.45) is 5.92 Å². The molecule has 0 unspecified atom stereocenters. The summed E-state index contributed by atoms with van der Waals surface area (Å²) in [6.45, 7) is 2.86. The van der Waals surface area contributed by atoms with E-state index >= 15 is 0 Å². The van der Waals surface area contributed by atoms with Gasteiger partial charge in [0.15, 0.2) is 0 Å². The predicted octanol–water partition coefficient (Wildman–Crippen LogP) is 2.88. The lowest BCUT2D eigenvalue weighted by Gasteiger charge is -2.18. The van der Waals surface area contributed by atoms with E-state index in [9.17, 15) is 0 Å². The van der Waals surface area contributed by atoms with Crippen molar-refractivity contribution in [1.29, 1.82) is 0 Å². The first kappa shape index (κ1) is 12.5. The van der Waals surface area contributed by atoms with Gasteiger partial charge in [-0.1, -0.05) is 18.2 Å². The van der Waals surface area contributed by atoms with Crippen LogP contribution in [0.2, 0.25) is 0 Å². The highest BCUT2D eigenvalue weighted by Gasteiger charge is 2.20. The van der Waals surface area contributed by atoms with E-state index < -0.39 is 0 Å². The summed E-state index contributed by atoms with van der Waals surface area (Å²) in [5.74, 6) is 1.95. The van der Waals surface area contributed by atoms with Crippen LogP contribution in [0.15, 0.2) is 29.8 Å². The molecule has 0 bridgehead atoms. The van der Waals surface area contributed by atoms with Gasteiger partial charge in [-0.2, -0.15) is 0 Å². The van der Waals surface area contributed by atoms with Crippen molar-refractivity contribution in [2.45, 2.75) is 12.8 Å². The quantitative estimate of drug-likeness (QED) is 0.889. The maximum atomic E-state index is 5.70. The monoisotopic (exact) mass is 251 g/mol. The third-order valence-corrected chi connectivity index (χ3v) is 3.17. The molecule has 1 aromatic rings. The van der Waals surface area contributed by atoms with Crippen LogP contribution < -0.4 is 10.1 Å². The normalized spacial score (nSPS) is 17.5. The second-order valence-electron chi connectivity index (χ2n) is 4.70. The summed E-state index contributed by atoms with van der Waals surface area (Å²) in [6.07, 6.45) is 5.06. The molecule has 3 rings (SSSR count). The molecule has 0 amide bonds. The zero-order valence-electron chi connectivity index (χ0n) is 9.82. The largest absolute Gasteiger partial charge is 0.489 e. The van der Waals surface area contributed by atoms with Crippen molar-refractivity contribution in [3.63, 3.8) is 0 Å². The smallest absolute Gasteiger partial charge is 0.127 e. The fourth-order valence-electron chi connectivity index (χ4n) is 2.02. The molecule has 1 fully saturated rings. The minimum Gasteiger partial charge on any atom is -0.489 e. The van der Waals surface area contributed by atoms with Crippen molar-refractivity contribution in [3.8, 4) is 5.75 Å². The SMILES string of the molecule is C1=C(CNCC2CC2)COc2ccccc21.Cl. The van der Waals surface area contributed by atoms with Crippen LogP contribution in [0.25, 0.3) is 6.08 Å². The van der Waals surface area contributed by atoms with Crippen molar-refractivity contribution in [1.82, 2.24) is 5.32 Å². The Bertz CT molecular complexity index is 412. The van der Waals surface area contributed by atoms with E-state index in [0.29, 0.717) is 0 Å². The molecule has 0 aromatic heterocycles. The highest BCUT2D eigenvalue weighted by atomic mass is 35.5. The number of hydrogen-bond acceptors (Lipinski definition) is 2. The van der Waals surface area contributed by atoms with E-state index in [1.807, 2.05) is 12.1 Å². The number of fused-ring (bicyclic) bond motifs is 1. The van der Waals surface area contributed by atoms with E-state index in [1.165, 1.54) is 30.5 Å². The molecule has 0 atom stereocenters. The van der Waals surface area contributed by atoms with Gasteiger partial charge in [0.1, 0.15) is 12.4 Å². The Morgan fingerprint density at radius 2 is 2.06 bits per heavy atom. The Labute approximate surface area is 108 Å². The summed E-state index contributed by atoms with van der Waals surface area (Å²) in [5, 5.41) is 3.50. The molecule has 2 aliphatic rings. The van der Waals surface area contributed by atoms with Gasteiger partial charge in [-0.15, -0.1) is 12.4 Å². The van der Waals surface area contributed by atoms with Gasteiger partial charge in [0.05, 0.1) is 0 Å². The standard InChI is InChI=1S/C14H17NO.ClH/c1-2-4-14-13(3-1)7-12(10-16-14)9-15-8-11-5-6-11;/h1-4,7,11,15H,5-6,8-10H2;1H. The summed E-state index contributed by atoms with van der Waals surface area (Å²) in [4.78, 5) is 0. The lowest BCUT2D eigenvalue weighted by molar-refractivity contribution is 0.343. The third kappa shape index (κ3) is 3.24. The highest BCUT2D eigenvalue weighted by Crippen LogP contribution is 2.28. The Morgan fingerprint density at radius 1 is 1.24 bits per heavy atom. The second kappa shape index (κ2) is 5.56. The van der Waals surface area contributed by atoms with Gasteiger partial charge in [-0.3, -0.25) is 0 Å². The van der Waals surface area contributed by atoms with Crippen molar-refractivity contribution >= 4 is 18.5 Å². The Balaban J connectivity index is 0.00000108. The summed E-state index contributed by atoms with van der Waals surface area (Å²) in [7, 11) is 0. The molecular formula is C14H18ClNO. The first-order valence-electron chi connectivity index (χ1n) is 6.04. The molecule has 1 aromatic carbocycles. The van der Waals surface area contributed by atoms with E-state index in [0.717, 1.165) is 24.8 Å². The van der Waals surface area contributed by atoms with Crippen LogP contribution in [0.5, 0.6) is 5.75 Å². The molecule has 0 saturated heterocycles. The molecule has 2 nitrogen and oxygen atoms in total. The molecule has 1 N–H and O–H groups in total. The van der Waals surface area contributed by atoms with Crippen molar-refractivity contribution < 1.29 is 4.74 Å². The molecule has 1 heterocycles. The van der Waals surface area contributed by atoms with E-state index in [2.05, 4.69) is 23.5 Å². The van der Waals surface area contributed by atoms with Crippen LogP contribution in [0, 0.1) is 5.92 Å². The first-order valence-corrected chi connectivity index (χ1v) is 6.04. The van der Waals surface area contributed by atoms with Gasteiger partial charge in [-0.05, 0) is 43.0 Å². The van der Waals surface area contributed by atoms with Crippen LogP contribution in [0.3, 0.4) is 0 Å². The van der Waals surface area contributed by atoms with Crippen LogP contribution in [-0.4, -0.2) is 19.7 Å². The first-order chi connectivity index (χ1) is 7.92. The molecule has 0 radical (unpaired) electrons. The number of benzene rings is 1. The number of rotatable bonds is 4. The Morgan fingerprint density at radius 3 is 2.88 bits per heavy atom. The average molecular weight is 252 g/mol. The van der Waals surface area contributed by atoms with Crippen molar-refractivity contribution in [3.05, 3.63) is 35.4 Å². The second-order valence-corrected chi connectivity index (χ2v) is 4.70. The minimum absolute atomic E-state index is 0. The number of ether oxygens (including phenoxy) is 1. The van der Waals surface area contributed by atoms with Crippen LogP contribution in [0.1, 0.15) is 18.4 Å². The van der Waals surface area contributed by atoms with Crippen LogP contribution in [-0.2, 0) is 0 Å². The molecule has 1 saturated carbocycles. The van der Waals surface area contributed by atoms with Gasteiger partial charge in [-0.25, -0.2) is 0 Å². The molecule has 1 aliphatic heterocycles. The molecular weight excluding hydrogens is 234 g/mol. The van der Waals surface area contributed by atoms with E-state index in [1.54, 1.807) is 0 Å². The molecule has 17 heavy (non-hydrogen) atoms. The average Bonchev–Trinajstić information content (AvgIpc) is 3.13. The zero-order valence-corrected chi connectivity index (χ0v) is 10.6. The van der Waals surface area contributed by atoms with E-state index in [-0.39, 0.29) is 12.4 Å². The minimum atomic E-state index is 0. The molecule has 0 spiro atoms. The summed E-state index contributed by atoms with van der Waals surface area (Å²) in [5.41, 5.74) is 2.55. The van der Waals surface area contributed by atoms with Crippen LogP contribution in [0.4, 0.5) is 0 Å². The number of para-hydroxylation sites is 1. The van der Waals surface area contributed by atoms with Gasteiger partial charge >= 0.3 is 0 Å². The van der Waals surface area contributed by atoms with Crippen LogP contribution >= 0.6 is 12.4 Å². The lowest BCUT2D eigenvalue weighted by atomic mass is 10.1. The predicted molar refractivity (Wildman–Crippen MR) is 72.8 cm³/mol. The fraction of sp³-hybridized carbons (Fsp3) is 0.429. The highest BCUT2D eigenvalue weighted by molar-refractivity contribution is 5.85. The Hall–Kier alpha value is -0.990. The van der Waals surface area contributed by atoms with Gasteiger partial charge in [0, 0.05) is 12.1 Å². The number of hydrogen-bond donors (Lipinski definition) is 1. The maximum Gasteiger partial charge on any atom is 0.127 e. The van der Waals surface area contributed by atoms with Gasteiger partial charge in [0.25, 0.3) is 0 Å². The van der Waals surface area contributed by atoms with Gasteiger partial charge in [0.2, 0.25) is 0 Å². The molecule has 3 heteroatoms. The maximum absolute atomic E-state index is 5.70. The topological polar surface area (TPSA) is 21.3 Å². The van der Waals surface area contributed by atoms with Crippen molar-refractivity contribution in [2.75, 3.05) is 19.7 Å². The summed E-state index contributed by atoms with van der Waals surface area (Å²) in [6, 6.07) is 8.21. The van der Waals surface area contributed by atoms with Gasteiger partial charge < -0.3 is 10.1 Å². The Kier molecular flexibility index (Phi) is 4.08. The lowest BCUT2D eigenvalue weighted by Crippen LogP contribution is -2.23. The summed E-state index contributed by atoms with van der Waals surface area (Å²) >= 11 is 0. The molecule has 92 valence electrons. The van der Waals surface area contributed by atoms with E-state index in [4.69, 9.17) is 4.74 Å². The number of halogens is 1. The molecule has 1 aliphatic carbocycles. The zero-order chi connectivity index (χ0) is 10.8.